The van der Waals surface area contributed by atoms with Gasteiger partial charge in [-0.25, -0.2) is 0 Å². The summed E-state index contributed by atoms with van der Waals surface area (Å²) in [6, 6.07) is 0. The fourth-order valence-corrected chi connectivity index (χ4v) is 3.13. The minimum absolute atomic E-state index is 0.291. The lowest BCUT2D eigenvalue weighted by molar-refractivity contribution is 0.161. The molecule has 1 aliphatic heterocycles. The zero-order valence-electron chi connectivity index (χ0n) is 9.84. The van der Waals surface area contributed by atoms with Crippen LogP contribution < -0.4 is 5.73 Å². The van der Waals surface area contributed by atoms with Crippen LogP contribution in [0, 0.1) is 0 Å². The van der Waals surface area contributed by atoms with Crippen molar-refractivity contribution in [2.45, 2.75) is 57.4 Å². The van der Waals surface area contributed by atoms with Gasteiger partial charge < -0.3 is 10.6 Å². The molecule has 1 aliphatic carbocycles. The van der Waals surface area contributed by atoms with Crippen molar-refractivity contribution in [3.05, 3.63) is 0 Å². The van der Waals surface area contributed by atoms with Crippen molar-refractivity contribution in [1.82, 2.24) is 4.90 Å². The van der Waals surface area contributed by atoms with Gasteiger partial charge in [0, 0.05) is 6.54 Å². The van der Waals surface area contributed by atoms with Crippen LogP contribution in [-0.4, -0.2) is 29.5 Å². The molecule has 0 aromatic carbocycles. The van der Waals surface area contributed by atoms with Crippen LogP contribution in [0.15, 0.2) is 4.99 Å². The first-order valence-corrected chi connectivity index (χ1v) is 6.36. The van der Waals surface area contributed by atoms with Crippen LogP contribution in [-0.2, 0) is 0 Å². The molecule has 0 radical (unpaired) electrons. The zero-order chi connectivity index (χ0) is 10.7. The van der Waals surface area contributed by atoms with Crippen molar-refractivity contribution in [2.24, 2.45) is 10.7 Å². The molecule has 0 aromatic heterocycles. The number of nitrogens with two attached hydrogens (primary N) is 1. The van der Waals surface area contributed by atoms with E-state index in [0.717, 1.165) is 19.0 Å². The van der Waals surface area contributed by atoms with E-state index in [2.05, 4.69) is 16.8 Å². The quantitative estimate of drug-likeness (QED) is 0.718. The Bertz CT molecular complexity index is 239. The van der Waals surface area contributed by atoms with Crippen LogP contribution in [0.2, 0.25) is 0 Å². The summed E-state index contributed by atoms with van der Waals surface area (Å²) in [6.07, 6.45) is 9.45. The molecule has 0 saturated heterocycles. The Balaban J connectivity index is 2.09. The Kier molecular flexibility index (Phi) is 3.17. The second-order valence-corrected chi connectivity index (χ2v) is 4.91. The first-order valence-electron chi connectivity index (χ1n) is 6.36. The molecule has 1 heterocycles. The molecule has 2 rings (SSSR count). The van der Waals surface area contributed by atoms with E-state index in [1.54, 1.807) is 0 Å². The highest BCUT2D eigenvalue weighted by atomic mass is 15.3. The summed E-state index contributed by atoms with van der Waals surface area (Å²) in [6.45, 7) is 4.14. The van der Waals surface area contributed by atoms with Gasteiger partial charge in [-0.2, -0.15) is 0 Å². The lowest BCUT2D eigenvalue weighted by Gasteiger charge is -2.40. The third kappa shape index (κ3) is 1.97. The van der Waals surface area contributed by atoms with Crippen molar-refractivity contribution >= 4 is 5.96 Å². The van der Waals surface area contributed by atoms with E-state index in [0.29, 0.717) is 5.54 Å². The Morgan fingerprint density at radius 3 is 2.40 bits per heavy atom. The minimum atomic E-state index is 0.291. The maximum absolute atomic E-state index is 5.96. The van der Waals surface area contributed by atoms with Gasteiger partial charge >= 0.3 is 0 Å². The van der Waals surface area contributed by atoms with E-state index in [1.165, 1.54) is 44.9 Å². The first-order chi connectivity index (χ1) is 7.28. The number of likely N-dealkylation sites (N-methyl/N-ethyl adjacent to an activating group) is 1. The van der Waals surface area contributed by atoms with E-state index in [4.69, 9.17) is 5.73 Å². The molecular formula is C12H23N3. The lowest BCUT2D eigenvalue weighted by Crippen LogP contribution is -2.51. The number of aliphatic imine (C=N–C) groups is 1. The van der Waals surface area contributed by atoms with Crippen LogP contribution >= 0.6 is 0 Å². The largest absolute Gasteiger partial charge is 0.370 e. The summed E-state index contributed by atoms with van der Waals surface area (Å²) in [5, 5.41) is 0. The standard InChI is InChI=1S/C12H23N3/c1-2-15-11(13)14-10-12(15)8-6-4-3-5-7-9-12/h2-10H2,1H3,(H2,13,14). The molecule has 3 heteroatoms. The van der Waals surface area contributed by atoms with Crippen LogP contribution in [0.3, 0.4) is 0 Å². The first kappa shape index (κ1) is 10.8. The average Bonchev–Trinajstić information content (AvgIpc) is 2.50. The van der Waals surface area contributed by atoms with Crippen molar-refractivity contribution in [1.29, 1.82) is 0 Å². The SMILES string of the molecule is CCN1C(N)=NCC12CCCCCCC2. The van der Waals surface area contributed by atoms with E-state index in [-0.39, 0.29) is 0 Å². The Morgan fingerprint density at radius 1 is 1.20 bits per heavy atom. The summed E-state index contributed by atoms with van der Waals surface area (Å²) in [7, 11) is 0. The maximum atomic E-state index is 5.96. The second-order valence-electron chi connectivity index (χ2n) is 4.91. The predicted octanol–water partition coefficient (Wildman–Crippen LogP) is 2.12. The summed E-state index contributed by atoms with van der Waals surface area (Å²) in [5.41, 5.74) is 6.25. The van der Waals surface area contributed by atoms with Crippen LogP contribution in [0.5, 0.6) is 0 Å². The summed E-state index contributed by atoms with van der Waals surface area (Å²) in [4.78, 5) is 6.80. The molecule has 15 heavy (non-hydrogen) atoms. The van der Waals surface area contributed by atoms with Crippen LogP contribution in [0.4, 0.5) is 0 Å². The summed E-state index contributed by atoms with van der Waals surface area (Å²) in [5.74, 6) is 0.776. The third-order valence-corrected chi connectivity index (χ3v) is 3.98. The van der Waals surface area contributed by atoms with Gasteiger partial charge in [-0.1, -0.05) is 32.1 Å². The van der Waals surface area contributed by atoms with Gasteiger partial charge in [0.2, 0.25) is 0 Å². The normalized spacial score (nSPS) is 26.2. The van der Waals surface area contributed by atoms with Gasteiger partial charge in [0.25, 0.3) is 0 Å². The molecule has 0 atom stereocenters. The molecule has 0 aromatic rings. The van der Waals surface area contributed by atoms with E-state index in [1.807, 2.05) is 0 Å². The van der Waals surface area contributed by atoms with Crippen molar-refractivity contribution in [2.75, 3.05) is 13.1 Å². The van der Waals surface area contributed by atoms with Gasteiger partial charge in [0.1, 0.15) is 0 Å². The molecule has 2 aliphatic rings. The molecule has 86 valence electrons. The molecule has 3 nitrogen and oxygen atoms in total. The summed E-state index contributed by atoms with van der Waals surface area (Å²) < 4.78 is 0. The van der Waals surface area contributed by atoms with Gasteiger partial charge in [-0.05, 0) is 19.8 Å². The van der Waals surface area contributed by atoms with Gasteiger partial charge in [-0.3, -0.25) is 4.99 Å². The number of hydrogen-bond acceptors (Lipinski definition) is 3. The van der Waals surface area contributed by atoms with Crippen molar-refractivity contribution in [3.8, 4) is 0 Å². The highest BCUT2D eigenvalue weighted by Crippen LogP contribution is 2.34. The smallest absolute Gasteiger partial charge is 0.191 e. The topological polar surface area (TPSA) is 41.6 Å². The van der Waals surface area contributed by atoms with Crippen molar-refractivity contribution < 1.29 is 0 Å². The van der Waals surface area contributed by atoms with Crippen LogP contribution in [0.25, 0.3) is 0 Å². The van der Waals surface area contributed by atoms with Crippen LogP contribution in [0.1, 0.15) is 51.9 Å². The van der Waals surface area contributed by atoms with E-state index in [9.17, 15) is 0 Å². The number of rotatable bonds is 1. The minimum Gasteiger partial charge on any atom is -0.370 e. The van der Waals surface area contributed by atoms with Crippen molar-refractivity contribution in [3.63, 3.8) is 0 Å². The third-order valence-electron chi connectivity index (χ3n) is 3.98. The Labute approximate surface area is 92.7 Å². The number of guanidine groups is 1. The zero-order valence-corrected chi connectivity index (χ0v) is 9.84. The molecule has 0 amide bonds. The second kappa shape index (κ2) is 4.42. The highest BCUT2D eigenvalue weighted by Gasteiger charge is 2.40. The maximum Gasteiger partial charge on any atom is 0.191 e. The average molecular weight is 209 g/mol. The fourth-order valence-electron chi connectivity index (χ4n) is 3.13. The Hall–Kier alpha value is -0.730. The van der Waals surface area contributed by atoms with Gasteiger partial charge in [0.15, 0.2) is 5.96 Å². The Morgan fingerprint density at radius 2 is 1.80 bits per heavy atom. The number of hydrogen-bond donors (Lipinski definition) is 1. The molecule has 1 spiro atoms. The predicted molar refractivity (Wildman–Crippen MR) is 63.9 cm³/mol. The lowest BCUT2D eigenvalue weighted by atomic mass is 9.83. The molecule has 1 saturated carbocycles. The highest BCUT2D eigenvalue weighted by molar-refractivity contribution is 5.81. The fraction of sp³-hybridized carbons (Fsp3) is 0.917. The molecule has 2 N–H and O–H groups in total. The number of nitrogens with zero attached hydrogens (tertiary/aromatic N) is 2. The summed E-state index contributed by atoms with van der Waals surface area (Å²) >= 11 is 0. The molecular weight excluding hydrogens is 186 g/mol. The monoisotopic (exact) mass is 209 g/mol. The van der Waals surface area contributed by atoms with Gasteiger partial charge in [-0.15, -0.1) is 0 Å². The molecule has 1 fully saturated rings. The molecule has 0 bridgehead atoms. The van der Waals surface area contributed by atoms with Gasteiger partial charge in [0.05, 0.1) is 12.1 Å². The van der Waals surface area contributed by atoms with E-state index >= 15 is 0 Å². The molecule has 0 unspecified atom stereocenters. The van der Waals surface area contributed by atoms with E-state index < -0.39 is 0 Å².